The van der Waals surface area contributed by atoms with E-state index in [-0.39, 0.29) is 5.56 Å². The van der Waals surface area contributed by atoms with Gasteiger partial charge in [-0.3, -0.25) is 4.79 Å². The van der Waals surface area contributed by atoms with E-state index >= 15 is 0 Å². The van der Waals surface area contributed by atoms with Crippen LogP contribution in [0.5, 0.6) is 0 Å². The third kappa shape index (κ3) is 1.58. The van der Waals surface area contributed by atoms with Crippen LogP contribution in [0.25, 0.3) is 0 Å². The summed E-state index contributed by atoms with van der Waals surface area (Å²) >= 11 is 0. The molecule has 78 valence electrons. The average molecular weight is 206 g/mol. The Hall–Kier alpha value is -1.84. The van der Waals surface area contributed by atoms with Crippen LogP contribution in [0, 0.1) is 0 Å². The number of hydrogen-bond acceptors (Lipinski definition) is 2. The zero-order chi connectivity index (χ0) is 11.0. The quantitative estimate of drug-likeness (QED) is 0.768. The molecule has 0 heterocycles. The number of carboxylic acids is 2. The highest BCUT2D eigenvalue weighted by Gasteiger charge is 2.28. The van der Waals surface area contributed by atoms with Gasteiger partial charge in [-0.15, -0.1) is 0 Å². The van der Waals surface area contributed by atoms with Crippen molar-refractivity contribution in [2.24, 2.45) is 0 Å². The minimum atomic E-state index is -0.975. The smallest absolute Gasteiger partial charge is 0.335 e. The van der Waals surface area contributed by atoms with E-state index in [0.717, 1.165) is 11.1 Å². The second-order valence-electron chi connectivity index (χ2n) is 3.65. The summed E-state index contributed by atoms with van der Waals surface area (Å²) in [4.78, 5) is 21.6. The van der Waals surface area contributed by atoms with E-state index in [1.807, 2.05) is 0 Å². The first-order valence-corrected chi connectivity index (χ1v) is 4.68. The van der Waals surface area contributed by atoms with Crippen molar-refractivity contribution in [3.8, 4) is 0 Å². The van der Waals surface area contributed by atoms with Gasteiger partial charge in [0, 0.05) is 0 Å². The van der Waals surface area contributed by atoms with Crippen LogP contribution in [0.4, 0.5) is 0 Å². The molecule has 4 nitrogen and oxygen atoms in total. The molecular formula is C11H10O4. The Bertz CT molecular complexity index is 436. The van der Waals surface area contributed by atoms with Crippen LogP contribution < -0.4 is 0 Å². The fraction of sp³-hybridized carbons (Fsp3) is 0.273. The van der Waals surface area contributed by atoms with Gasteiger partial charge in [-0.2, -0.15) is 0 Å². The van der Waals surface area contributed by atoms with Crippen LogP contribution in [0.2, 0.25) is 0 Å². The van der Waals surface area contributed by atoms with E-state index in [1.54, 1.807) is 12.1 Å². The standard InChI is InChI=1S/C11H10O4/c12-10(13)7-2-3-8-6(5-7)1-4-9(8)11(14)15/h2-3,5,9H,1,4H2,(H,12,13)(H,14,15). The average Bonchev–Trinajstić information content (AvgIpc) is 2.59. The molecule has 1 unspecified atom stereocenters. The van der Waals surface area contributed by atoms with Crippen molar-refractivity contribution in [3.63, 3.8) is 0 Å². The molecule has 0 fully saturated rings. The zero-order valence-electron chi connectivity index (χ0n) is 7.93. The number of carbonyl (C=O) groups is 2. The summed E-state index contributed by atoms with van der Waals surface area (Å²) in [5.74, 6) is -2.28. The van der Waals surface area contributed by atoms with Gasteiger partial charge >= 0.3 is 11.9 Å². The molecule has 0 amide bonds. The third-order valence-electron chi connectivity index (χ3n) is 2.77. The molecule has 15 heavy (non-hydrogen) atoms. The Balaban J connectivity index is 2.42. The number of benzene rings is 1. The summed E-state index contributed by atoms with van der Waals surface area (Å²) in [6.45, 7) is 0. The second kappa shape index (κ2) is 3.38. The number of carboxylic acid groups (broad SMARTS) is 2. The fourth-order valence-corrected chi connectivity index (χ4v) is 2.01. The maximum absolute atomic E-state index is 10.9. The zero-order valence-corrected chi connectivity index (χ0v) is 7.93. The Labute approximate surface area is 86.2 Å². The number of rotatable bonds is 2. The Morgan fingerprint density at radius 3 is 2.60 bits per heavy atom. The molecule has 2 rings (SSSR count). The molecule has 0 bridgehead atoms. The summed E-state index contributed by atoms with van der Waals surface area (Å²) < 4.78 is 0. The molecule has 0 aliphatic heterocycles. The topological polar surface area (TPSA) is 74.6 Å². The largest absolute Gasteiger partial charge is 0.481 e. The van der Waals surface area contributed by atoms with Gasteiger partial charge in [0.25, 0.3) is 0 Å². The van der Waals surface area contributed by atoms with Crippen molar-refractivity contribution in [2.45, 2.75) is 18.8 Å². The Kier molecular flexibility index (Phi) is 2.19. The van der Waals surface area contributed by atoms with E-state index in [2.05, 4.69) is 0 Å². The molecule has 0 saturated carbocycles. The lowest BCUT2D eigenvalue weighted by molar-refractivity contribution is -0.138. The highest BCUT2D eigenvalue weighted by Crippen LogP contribution is 2.33. The monoisotopic (exact) mass is 206 g/mol. The molecule has 1 aliphatic carbocycles. The van der Waals surface area contributed by atoms with Gasteiger partial charge in [0.2, 0.25) is 0 Å². The predicted octanol–water partition coefficient (Wildman–Crippen LogP) is 1.50. The van der Waals surface area contributed by atoms with Gasteiger partial charge in [-0.05, 0) is 36.1 Å². The fourth-order valence-electron chi connectivity index (χ4n) is 2.01. The number of aromatic carboxylic acids is 1. The third-order valence-corrected chi connectivity index (χ3v) is 2.77. The molecule has 1 aromatic carbocycles. The van der Waals surface area contributed by atoms with Crippen molar-refractivity contribution >= 4 is 11.9 Å². The first-order valence-electron chi connectivity index (χ1n) is 4.68. The highest BCUT2D eigenvalue weighted by molar-refractivity contribution is 5.88. The van der Waals surface area contributed by atoms with Crippen molar-refractivity contribution in [2.75, 3.05) is 0 Å². The van der Waals surface area contributed by atoms with E-state index in [4.69, 9.17) is 10.2 Å². The van der Waals surface area contributed by atoms with Crippen LogP contribution in [-0.2, 0) is 11.2 Å². The van der Waals surface area contributed by atoms with Crippen molar-refractivity contribution < 1.29 is 19.8 Å². The molecule has 1 atom stereocenters. The molecule has 4 heteroatoms. The number of hydrogen-bond donors (Lipinski definition) is 2. The van der Waals surface area contributed by atoms with Crippen LogP contribution in [-0.4, -0.2) is 22.2 Å². The molecule has 0 saturated heterocycles. The van der Waals surface area contributed by atoms with E-state index < -0.39 is 17.9 Å². The summed E-state index contributed by atoms with van der Waals surface area (Å²) in [5, 5.41) is 17.7. The lowest BCUT2D eigenvalue weighted by Crippen LogP contribution is -2.08. The van der Waals surface area contributed by atoms with Gasteiger partial charge in [-0.1, -0.05) is 6.07 Å². The molecule has 2 N–H and O–H groups in total. The van der Waals surface area contributed by atoms with Gasteiger partial charge in [-0.25, -0.2) is 4.79 Å². The Morgan fingerprint density at radius 1 is 1.27 bits per heavy atom. The lowest BCUT2D eigenvalue weighted by Gasteiger charge is -2.05. The normalized spacial score (nSPS) is 18.5. The molecule has 0 spiro atoms. The molecule has 0 radical (unpaired) electrons. The summed E-state index contributed by atoms with van der Waals surface area (Å²) in [5.41, 5.74) is 1.83. The number of fused-ring (bicyclic) bond motifs is 1. The molecule has 1 aliphatic rings. The SMILES string of the molecule is O=C(O)c1ccc2c(c1)CCC2C(=O)O. The van der Waals surface area contributed by atoms with E-state index in [0.29, 0.717) is 12.8 Å². The molecule has 0 aromatic heterocycles. The minimum Gasteiger partial charge on any atom is -0.481 e. The Morgan fingerprint density at radius 2 is 2.00 bits per heavy atom. The van der Waals surface area contributed by atoms with Gasteiger partial charge < -0.3 is 10.2 Å². The lowest BCUT2D eigenvalue weighted by atomic mass is 10.00. The van der Waals surface area contributed by atoms with E-state index in [1.165, 1.54) is 6.07 Å². The van der Waals surface area contributed by atoms with Crippen molar-refractivity contribution in [1.82, 2.24) is 0 Å². The number of aryl methyl sites for hydroxylation is 1. The highest BCUT2D eigenvalue weighted by atomic mass is 16.4. The van der Waals surface area contributed by atoms with Crippen LogP contribution >= 0.6 is 0 Å². The van der Waals surface area contributed by atoms with E-state index in [9.17, 15) is 9.59 Å². The summed E-state index contributed by atoms with van der Waals surface area (Å²) in [6.07, 6.45) is 1.21. The second-order valence-corrected chi connectivity index (χ2v) is 3.65. The molecular weight excluding hydrogens is 196 g/mol. The first-order chi connectivity index (χ1) is 7.09. The first kappa shape index (κ1) is 9.71. The van der Waals surface area contributed by atoms with Crippen LogP contribution in [0.15, 0.2) is 18.2 Å². The van der Waals surface area contributed by atoms with Crippen molar-refractivity contribution in [3.05, 3.63) is 34.9 Å². The number of aliphatic carboxylic acids is 1. The summed E-state index contributed by atoms with van der Waals surface area (Å²) in [6, 6.07) is 4.65. The van der Waals surface area contributed by atoms with Crippen LogP contribution in [0.3, 0.4) is 0 Å². The molecule has 1 aromatic rings. The maximum Gasteiger partial charge on any atom is 0.335 e. The summed E-state index contributed by atoms with van der Waals surface area (Å²) in [7, 11) is 0. The maximum atomic E-state index is 10.9. The van der Waals surface area contributed by atoms with Gasteiger partial charge in [0.1, 0.15) is 0 Å². The van der Waals surface area contributed by atoms with Crippen LogP contribution in [0.1, 0.15) is 33.8 Å². The van der Waals surface area contributed by atoms with Crippen molar-refractivity contribution in [1.29, 1.82) is 0 Å². The van der Waals surface area contributed by atoms with Gasteiger partial charge in [0.15, 0.2) is 0 Å². The minimum absolute atomic E-state index is 0.222. The predicted molar refractivity (Wildman–Crippen MR) is 52.1 cm³/mol. The van der Waals surface area contributed by atoms with Gasteiger partial charge in [0.05, 0.1) is 11.5 Å².